The van der Waals surface area contributed by atoms with Crippen molar-refractivity contribution < 1.29 is 13.2 Å². The number of amides is 1. The average Bonchev–Trinajstić information content (AvgIpc) is 3.14. The molecular formula is C22H22N2O3S2. The Balaban J connectivity index is 1.55. The molecule has 1 aromatic heterocycles. The fourth-order valence-electron chi connectivity index (χ4n) is 3.42. The number of carbonyl (C=O) groups is 1. The maximum atomic E-state index is 13.0. The summed E-state index contributed by atoms with van der Waals surface area (Å²) in [5, 5.41) is 4.86. The van der Waals surface area contributed by atoms with Crippen molar-refractivity contribution in [2.75, 3.05) is 11.9 Å². The lowest BCUT2D eigenvalue weighted by molar-refractivity contribution is 0.103. The van der Waals surface area contributed by atoms with Crippen molar-refractivity contribution in [1.29, 1.82) is 0 Å². The summed E-state index contributed by atoms with van der Waals surface area (Å²) in [6.45, 7) is 4.63. The number of fused-ring (bicyclic) bond motifs is 1. The van der Waals surface area contributed by atoms with Crippen LogP contribution in [0.5, 0.6) is 0 Å². The van der Waals surface area contributed by atoms with Crippen molar-refractivity contribution in [1.82, 2.24) is 4.31 Å². The van der Waals surface area contributed by atoms with E-state index in [9.17, 15) is 13.2 Å². The molecule has 1 aliphatic heterocycles. The van der Waals surface area contributed by atoms with E-state index in [1.54, 1.807) is 12.1 Å². The highest BCUT2D eigenvalue weighted by Gasteiger charge is 2.28. The third-order valence-electron chi connectivity index (χ3n) is 5.05. The van der Waals surface area contributed by atoms with Crippen LogP contribution in [-0.4, -0.2) is 25.2 Å². The number of aryl methyl sites for hydroxylation is 2. The van der Waals surface area contributed by atoms with Crippen molar-refractivity contribution in [3.63, 3.8) is 0 Å². The molecule has 150 valence electrons. The Morgan fingerprint density at radius 3 is 2.45 bits per heavy atom. The summed E-state index contributed by atoms with van der Waals surface area (Å²) >= 11 is 1.41. The molecule has 2 aromatic carbocycles. The lowest BCUT2D eigenvalue weighted by Gasteiger charge is -2.28. The predicted molar refractivity (Wildman–Crippen MR) is 116 cm³/mol. The zero-order valence-electron chi connectivity index (χ0n) is 16.3. The Bertz CT molecular complexity index is 1170. The smallest absolute Gasteiger partial charge is 0.265 e. The average molecular weight is 427 g/mol. The van der Waals surface area contributed by atoms with Gasteiger partial charge in [-0.3, -0.25) is 4.79 Å². The number of rotatable bonds is 4. The zero-order chi connectivity index (χ0) is 20.6. The molecule has 2 heterocycles. The van der Waals surface area contributed by atoms with Gasteiger partial charge in [-0.25, -0.2) is 8.42 Å². The van der Waals surface area contributed by atoms with Gasteiger partial charge in [-0.2, -0.15) is 4.31 Å². The van der Waals surface area contributed by atoms with E-state index < -0.39 is 10.0 Å². The number of thiophene rings is 1. The number of nitrogens with one attached hydrogen (secondary N) is 1. The van der Waals surface area contributed by atoms with Crippen LogP contribution in [0.15, 0.2) is 58.8 Å². The van der Waals surface area contributed by atoms with Crippen molar-refractivity contribution >= 4 is 33.0 Å². The molecule has 0 unspecified atom stereocenters. The lowest BCUT2D eigenvalue weighted by Crippen LogP contribution is -2.36. The Morgan fingerprint density at radius 1 is 1.00 bits per heavy atom. The molecule has 29 heavy (non-hydrogen) atoms. The van der Waals surface area contributed by atoms with E-state index in [2.05, 4.69) is 5.32 Å². The molecule has 4 rings (SSSR count). The Hall–Kier alpha value is -2.48. The molecule has 3 aromatic rings. The van der Waals surface area contributed by atoms with Crippen LogP contribution in [0.2, 0.25) is 0 Å². The first-order valence-electron chi connectivity index (χ1n) is 9.38. The normalized spacial score (nSPS) is 14.4. The van der Waals surface area contributed by atoms with Gasteiger partial charge in [-0.05, 0) is 72.7 Å². The first kappa shape index (κ1) is 19.8. The van der Waals surface area contributed by atoms with Crippen molar-refractivity contribution in [2.24, 2.45) is 0 Å². The van der Waals surface area contributed by atoms with Gasteiger partial charge < -0.3 is 5.32 Å². The summed E-state index contributed by atoms with van der Waals surface area (Å²) in [4.78, 5) is 13.4. The van der Waals surface area contributed by atoms with Gasteiger partial charge in [0.25, 0.3) is 5.91 Å². The van der Waals surface area contributed by atoms with Gasteiger partial charge in [0.05, 0.1) is 9.77 Å². The first-order valence-corrected chi connectivity index (χ1v) is 11.7. The summed E-state index contributed by atoms with van der Waals surface area (Å²) < 4.78 is 27.5. The van der Waals surface area contributed by atoms with E-state index >= 15 is 0 Å². The SMILES string of the molecule is Cc1ccc(S(=O)(=O)N2CCc3ccc(NC(=O)c4cc(C)cs4)cc3C2)cc1. The summed E-state index contributed by atoms with van der Waals surface area (Å²) in [6, 6.07) is 14.5. The molecule has 0 spiro atoms. The number of carbonyl (C=O) groups excluding carboxylic acids is 1. The van der Waals surface area contributed by atoms with Crippen LogP contribution in [0, 0.1) is 13.8 Å². The van der Waals surface area contributed by atoms with Gasteiger partial charge >= 0.3 is 0 Å². The van der Waals surface area contributed by atoms with Crippen LogP contribution in [0.1, 0.15) is 31.9 Å². The summed E-state index contributed by atoms with van der Waals surface area (Å²) in [7, 11) is -3.55. The largest absolute Gasteiger partial charge is 0.321 e. The molecule has 0 saturated carbocycles. The summed E-state index contributed by atoms with van der Waals surface area (Å²) in [6.07, 6.45) is 0.652. The van der Waals surface area contributed by atoms with Crippen LogP contribution >= 0.6 is 11.3 Å². The Morgan fingerprint density at radius 2 is 1.76 bits per heavy atom. The maximum Gasteiger partial charge on any atom is 0.265 e. The summed E-state index contributed by atoms with van der Waals surface area (Å²) in [5.74, 6) is -0.150. The van der Waals surface area contributed by atoms with Crippen LogP contribution < -0.4 is 5.32 Å². The zero-order valence-corrected chi connectivity index (χ0v) is 17.9. The van der Waals surface area contributed by atoms with Crippen LogP contribution in [0.25, 0.3) is 0 Å². The molecule has 0 bridgehead atoms. The van der Waals surface area contributed by atoms with E-state index in [1.165, 1.54) is 15.6 Å². The minimum absolute atomic E-state index is 0.150. The Labute approximate surface area is 175 Å². The molecule has 5 nitrogen and oxygen atoms in total. The molecule has 0 fully saturated rings. The quantitative estimate of drug-likeness (QED) is 0.674. The molecule has 1 aliphatic rings. The molecular weight excluding hydrogens is 404 g/mol. The highest BCUT2D eigenvalue weighted by atomic mass is 32.2. The molecule has 1 amide bonds. The van der Waals surface area contributed by atoms with Gasteiger partial charge in [0.1, 0.15) is 0 Å². The summed E-state index contributed by atoms with van der Waals surface area (Å²) in [5.41, 5.74) is 4.80. The van der Waals surface area contributed by atoms with E-state index in [0.29, 0.717) is 35.0 Å². The third kappa shape index (κ3) is 4.12. The number of sulfonamides is 1. The number of anilines is 1. The van der Waals surface area contributed by atoms with Crippen LogP contribution in [-0.2, 0) is 23.0 Å². The number of nitrogens with zero attached hydrogens (tertiary/aromatic N) is 1. The first-order chi connectivity index (χ1) is 13.8. The fourth-order valence-corrected chi connectivity index (χ4v) is 5.63. The number of hydrogen-bond donors (Lipinski definition) is 1. The van der Waals surface area contributed by atoms with Gasteiger partial charge in [0, 0.05) is 18.8 Å². The number of benzene rings is 2. The monoisotopic (exact) mass is 426 g/mol. The van der Waals surface area contributed by atoms with Gasteiger partial charge in [-0.1, -0.05) is 23.8 Å². The predicted octanol–water partition coefficient (Wildman–Crippen LogP) is 4.36. The second kappa shape index (κ2) is 7.74. The minimum Gasteiger partial charge on any atom is -0.321 e. The second-order valence-corrected chi connectivity index (χ2v) is 10.2. The van der Waals surface area contributed by atoms with Crippen LogP contribution in [0.4, 0.5) is 5.69 Å². The maximum absolute atomic E-state index is 13.0. The molecule has 1 N–H and O–H groups in total. The Kier molecular flexibility index (Phi) is 5.29. The molecule has 0 saturated heterocycles. The van der Waals surface area contributed by atoms with E-state index in [0.717, 1.165) is 22.3 Å². The van der Waals surface area contributed by atoms with Crippen LogP contribution in [0.3, 0.4) is 0 Å². The highest BCUT2D eigenvalue weighted by Crippen LogP contribution is 2.27. The highest BCUT2D eigenvalue weighted by molar-refractivity contribution is 7.89. The molecule has 0 atom stereocenters. The third-order valence-corrected chi connectivity index (χ3v) is 7.96. The van der Waals surface area contributed by atoms with Gasteiger partial charge in [0.15, 0.2) is 0 Å². The van der Waals surface area contributed by atoms with Gasteiger partial charge in [0.2, 0.25) is 10.0 Å². The molecule has 0 aliphatic carbocycles. The van der Waals surface area contributed by atoms with Crippen molar-refractivity contribution in [3.05, 3.63) is 81.0 Å². The molecule has 7 heteroatoms. The second-order valence-electron chi connectivity index (χ2n) is 7.33. The van der Waals surface area contributed by atoms with E-state index in [1.807, 2.05) is 55.6 Å². The molecule has 0 radical (unpaired) electrons. The fraction of sp³-hybridized carbons (Fsp3) is 0.227. The van der Waals surface area contributed by atoms with E-state index in [4.69, 9.17) is 0 Å². The van der Waals surface area contributed by atoms with E-state index in [-0.39, 0.29) is 5.91 Å². The standard InChI is InChI=1S/C22H22N2O3S2/c1-15-3-7-20(8-4-15)29(26,27)24-10-9-17-5-6-19(12-18(17)13-24)23-22(25)21-11-16(2)14-28-21/h3-8,11-12,14H,9-10,13H2,1-2H3,(H,23,25). The minimum atomic E-state index is -3.55. The lowest BCUT2D eigenvalue weighted by atomic mass is 10.0. The van der Waals surface area contributed by atoms with Crippen molar-refractivity contribution in [2.45, 2.75) is 31.7 Å². The van der Waals surface area contributed by atoms with Gasteiger partial charge in [-0.15, -0.1) is 11.3 Å². The number of hydrogen-bond acceptors (Lipinski definition) is 4. The topological polar surface area (TPSA) is 66.5 Å². The van der Waals surface area contributed by atoms with Crippen molar-refractivity contribution in [3.8, 4) is 0 Å².